The van der Waals surface area contributed by atoms with Crippen LogP contribution in [0.1, 0.15) is 34.7 Å². The third kappa shape index (κ3) is 5.23. The monoisotopic (exact) mass is 391 g/mol. The van der Waals surface area contributed by atoms with Crippen LogP contribution in [-0.4, -0.2) is 34.9 Å². The summed E-state index contributed by atoms with van der Waals surface area (Å²) in [5.74, 6) is 1.20. The average molecular weight is 391 g/mol. The zero-order valence-electron chi connectivity index (χ0n) is 16.3. The molecular formula is C23H25N3O3. The minimum absolute atomic E-state index is 0.0316. The van der Waals surface area contributed by atoms with Gasteiger partial charge in [0.1, 0.15) is 12.4 Å². The van der Waals surface area contributed by atoms with Gasteiger partial charge in [-0.05, 0) is 54.8 Å². The Balaban J connectivity index is 1.25. The van der Waals surface area contributed by atoms with Crippen LogP contribution in [0, 0.1) is 0 Å². The van der Waals surface area contributed by atoms with Crippen molar-refractivity contribution in [1.82, 2.24) is 15.2 Å². The molecule has 0 radical (unpaired) electrons. The minimum atomic E-state index is -0.0316. The molecule has 1 aromatic carbocycles. The van der Waals surface area contributed by atoms with Crippen molar-refractivity contribution in [3.8, 4) is 5.75 Å². The molecule has 1 fully saturated rings. The van der Waals surface area contributed by atoms with E-state index in [4.69, 9.17) is 9.15 Å². The van der Waals surface area contributed by atoms with Gasteiger partial charge < -0.3 is 19.4 Å². The molecule has 1 saturated heterocycles. The summed E-state index contributed by atoms with van der Waals surface area (Å²) < 4.78 is 11.0. The molecule has 1 unspecified atom stereocenters. The van der Waals surface area contributed by atoms with Gasteiger partial charge in [-0.2, -0.15) is 0 Å². The lowest BCUT2D eigenvalue weighted by Gasteiger charge is -2.32. The fraction of sp³-hybridized carbons (Fsp3) is 0.304. The molecule has 6 nitrogen and oxygen atoms in total. The van der Waals surface area contributed by atoms with Crippen LogP contribution in [0.15, 0.2) is 71.5 Å². The molecule has 0 spiro atoms. The summed E-state index contributed by atoms with van der Waals surface area (Å²) in [5, 5.41) is 3.57. The van der Waals surface area contributed by atoms with Crippen molar-refractivity contribution in [1.29, 1.82) is 0 Å². The number of nitrogens with zero attached hydrogens (tertiary/aromatic N) is 2. The second-order valence-electron chi connectivity index (χ2n) is 7.20. The van der Waals surface area contributed by atoms with Crippen LogP contribution in [0.25, 0.3) is 0 Å². The van der Waals surface area contributed by atoms with E-state index in [0.29, 0.717) is 18.9 Å². The van der Waals surface area contributed by atoms with E-state index < -0.39 is 0 Å². The summed E-state index contributed by atoms with van der Waals surface area (Å²) in [6.07, 6.45) is 5.36. The fourth-order valence-corrected chi connectivity index (χ4v) is 3.49. The predicted octanol–water partition coefficient (Wildman–Crippen LogP) is 3.65. The first kappa shape index (κ1) is 19.2. The van der Waals surface area contributed by atoms with Gasteiger partial charge in [-0.1, -0.05) is 18.2 Å². The number of likely N-dealkylation sites (tertiary alicyclic amines) is 1. The van der Waals surface area contributed by atoms with Crippen LogP contribution in [0.5, 0.6) is 5.75 Å². The van der Waals surface area contributed by atoms with E-state index in [1.165, 1.54) is 11.8 Å². The van der Waals surface area contributed by atoms with Crippen molar-refractivity contribution < 1.29 is 13.9 Å². The molecular weight excluding hydrogens is 366 g/mol. The van der Waals surface area contributed by atoms with Crippen molar-refractivity contribution >= 4 is 5.91 Å². The van der Waals surface area contributed by atoms with Gasteiger partial charge >= 0.3 is 0 Å². The van der Waals surface area contributed by atoms with Crippen LogP contribution in [0.3, 0.4) is 0 Å². The highest BCUT2D eigenvalue weighted by Crippen LogP contribution is 2.16. The summed E-state index contributed by atoms with van der Waals surface area (Å²) in [4.78, 5) is 18.6. The smallest absolute Gasteiger partial charge is 0.289 e. The molecule has 0 aliphatic carbocycles. The number of piperidine rings is 1. The van der Waals surface area contributed by atoms with Gasteiger partial charge in [0.25, 0.3) is 5.91 Å². The Morgan fingerprint density at radius 1 is 1.17 bits per heavy atom. The Kier molecular flexibility index (Phi) is 6.22. The maximum absolute atomic E-state index is 12.5. The zero-order chi connectivity index (χ0) is 19.9. The van der Waals surface area contributed by atoms with Crippen molar-refractivity contribution in [3.63, 3.8) is 0 Å². The number of benzene rings is 1. The number of hydrogen-bond acceptors (Lipinski definition) is 5. The molecule has 1 atom stereocenters. The fourth-order valence-electron chi connectivity index (χ4n) is 3.49. The molecule has 3 heterocycles. The molecule has 29 heavy (non-hydrogen) atoms. The molecule has 0 bridgehead atoms. The normalized spacial score (nSPS) is 16.6. The Morgan fingerprint density at radius 2 is 2.07 bits per heavy atom. The lowest BCUT2D eigenvalue weighted by Crippen LogP contribution is -2.47. The van der Waals surface area contributed by atoms with E-state index in [2.05, 4.69) is 22.4 Å². The Bertz CT molecular complexity index is 895. The second kappa shape index (κ2) is 9.39. The average Bonchev–Trinajstić information content (AvgIpc) is 3.32. The molecule has 1 aliphatic rings. The highest BCUT2D eigenvalue weighted by Gasteiger charge is 2.25. The van der Waals surface area contributed by atoms with E-state index >= 15 is 0 Å². The number of amides is 1. The molecule has 1 N–H and O–H groups in total. The molecule has 4 rings (SSSR count). The Morgan fingerprint density at radius 3 is 2.83 bits per heavy atom. The van der Waals surface area contributed by atoms with E-state index in [9.17, 15) is 4.79 Å². The summed E-state index contributed by atoms with van der Waals surface area (Å²) in [5.41, 5.74) is 2.09. The molecule has 150 valence electrons. The predicted molar refractivity (Wildman–Crippen MR) is 109 cm³/mol. The lowest BCUT2D eigenvalue weighted by molar-refractivity contribution is 0.0662. The highest BCUT2D eigenvalue weighted by atomic mass is 16.5. The number of carbonyl (C=O) groups excluding carboxylic acids is 1. The number of aromatic nitrogens is 1. The quantitative estimate of drug-likeness (QED) is 0.666. The van der Waals surface area contributed by atoms with Gasteiger partial charge in [0.2, 0.25) is 0 Å². The summed E-state index contributed by atoms with van der Waals surface area (Å²) >= 11 is 0. The molecule has 6 heteroatoms. The highest BCUT2D eigenvalue weighted by molar-refractivity contribution is 5.91. The van der Waals surface area contributed by atoms with E-state index in [-0.39, 0.29) is 11.9 Å². The maximum atomic E-state index is 12.5. The first-order valence-corrected chi connectivity index (χ1v) is 9.96. The number of pyridine rings is 1. The number of ether oxygens (including phenoxy) is 1. The van der Waals surface area contributed by atoms with Gasteiger partial charge in [0.15, 0.2) is 5.76 Å². The van der Waals surface area contributed by atoms with Gasteiger partial charge in [-0.25, -0.2) is 0 Å². The van der Waals surface area contributed by atoms with Crippen molar-refractivity contribution in [3.05, 3.63) is 84.1 Å². The number of furan rings is 1. The SMILES string of the molecule is O=C(c1ccco1)N1CCCC(NCc2ccc(OCc3ccccn3)cc2)C1. The van der Waals surface area contributed by atoms with Crippen molar-refractivity contribution in [2.24, 2.45) is 0 Å². The second-order valence-corrected chi connectivity index (χ2v) is 7.20. The third-order valence-electron chi connectivity index (χ3n) is 5.07. The lowest BCUT2D eigenvalue weighted by atomic mass is 10.0. The topological polar surface area (TPSA) is 67.6 Å². The summed E-state index contributed by atoms with van der Waals surface area (Å²) in [6.45, 7) is 2.69. The molecule has 1 amide bonds. The minimum Gasteiger partial charge on any atom is -0.487 e. The zero-order valence-corrected chi connectivity index (χ0v) is 16.3. The first-order chi connectivity index (χ1) is 14.3. The van der Waals surface area contributed by atoms with Gasteiger partial charge in [-0.15, -0.1) is 0 Å². The van der Waals surface area contributed by atoms with Crippen molar-refractivity contribution in [2.75, 3.05) is 13.1 Å². The number of rotatable bonds is 7. The van der Waals surface area contributed by atoms with E-state index in [1.807, 2.05) is 35.2 Å². The van der Waals surface area contributed by atoms with Gasteiger partial charge in [0.05, 0.1) is 12.0 Å². The maximum Gasteiger partial charge on any atom is 0.289 e. The van der Waals surface area contributed by atoms with Crippen LogP contribution in [0.4, 0.5) is 0 Å². The Labute approximate surface area is 170 Å². The molecule has 1 aliphatic heterocycles. The van der Waals surface area contributed by atoms with Gasteiger partial charge in [0, 0.05) is 31.9 Å². The van der Waals surface area contributed by atoms with Crippen LogP contribution < -0.4 is 10.1 Å². The molecule has 3 aromatic rings. The number of hydrogen-bond donors (Lipinski definition) is 1. The summed E-state index contributed by atoms with van der Waals surface area (Å²) in [7, 11) is 0. The standard InChI is InChI=1S/C23H25N3O3/c27-23(22-7-4-14-28-22)26-13-3-6-19(16-26)25-15-18-8-10-21(11-9-18)29-17-20-5-1-2-12-24-20/h1-2,4-5,7-12,14,19,25H,3,6,13,15-17H2. The number of nitrogens with one attached hydrogen (secondary N) is 1. The van der Waals surface area contributed by atoms with Crippen molar-refractivity contribution in [2.45, 2.75) is 32.0 Å². The van der Waals surface area contributed by atoms with Crippen LogP contribution in [0.2, 0.25) is 0 Å². The van der Waals surface area contributed by atoms with Crippen LogP contribution in [-0.2, 0) is 13.2 Å². The van der Waals surface area contributed by atoms with Crippen LogP contribution >= 0.6 is 0 Å². The largest absolute Gasteiger partial charge is 0.487 e. The molecule has 0 saturated carbocycles. The first-order valence-electron chi connectivity index (χ1n) is 9.96. The number of carbonyl (C=O) groups is 1. The Hall–Kier alpha value is -3.12. The molecule has 2 aromatic heterocycles. The third-order valence-corrected chi connectivity index (χ3v) is 5.07. The van der Waals surface area contributed by atoms with E-state index in [0.717, 1.165) is 37.4 Å². The summed E-state index contributed by atoms with van der Waals surface area (Å²) in [6, 6.07) is 17.6. The van der Waals surface area contributed by atoms with E-state index in [1.54, 1.807) is 18.3 Å². The van der Waals surface area contributed by atoms with Gasteiger partial charge in [-0.3, -0.25) is 9.78 Å².